The third-order valence-electron chi connectivity index (χ3n) is 1.85. The molecule has 1 aromatic heterocycles. The van der Waals surface area contributed by atoms with Gasteiger partial charge in [-0.2, -0.15) is 0 Å². The van der Waals surface area contributed by atoms with Gasteiger partial charge in [0.05, 0.1) is 0 Å². The van der Waals surface area contributed by atoms with Gasteiger partial charge in [0.25, 0.3) is 0 Å². The first-order valence-electron chi connectivity index (χ1n) is 4.74. The first kappa shape index (κ1) is 11.2. The maximum atomic E-state index is 10.3. The van der Waals surface area contributed by atoms with E-state index in [1.165, 1.54) is 0 Å². The summed E-state index contributed by atoms with van der Waals surface area (Å²) in [5, 5.41) is 10.8. The zero-order chi connectivity index (χ0) is 11.1. The van der Waals surface area contributed by atoms with Crippen molar-refractivity contribution in [2.45, 2.75) is 19.4 Å². The van der Waals surface area contributed by atoms with Crippen LogP contribution in [0.3, 0.4) is 0 Å². The quantitative estimate of drug-likeness (QED) is 0.793. The number of hydrogen-bond donors (Lipinski definition) is 2. The highest BCUT2D eigenvalue weighted by molar-refractivity contribution is 5.64. The SMILES string of the molecule is C[C@H](C/C=C/c1cccnc1)NC(=O)O. The van der Waals surface area contributed by atoms with Crippen molar-refractivity contribution in [3.63, 3.8) is 0 Å². The molecule has 0 bridgehead atoms. The number of hydrogen-bond acceptors (Lipinski definition) is 2. The Kier molecular flexibility index (Phi) is 4.34. The fraction of sp³-hybridized carbons (Fsp3) is 0.273. The number of carboxylic acid groups (broad SMARTS) is 1. The molecule has 1 amide bonds. The highest BCUT2D eigenvalue weighted by Gasteiger charge is 2.01. The summed E-state index contributed by atoms with van der Waals surface area (Å²) >= 11 is 0. The summed E-state index contributed by atoms with van der Waals surface area (Å²) in [5.74, 6) is 0. The average Bonchev–Trinajstić information content (AvgIpc) is 2.18. The number of carbonyl (C=O) groups is 1. The molecule has 4 heteroatoms. The van der Waals surface area contributed by atoms with Gasteiger partial charge in [-0.1, -0.05) is 18.2 Å². The van der Waals surface area contributed by atoms with E-state index in [9.17, 15) is 4.79 Å². The van der Waals surface area contributed by atoms with Crippen LogP contribution in [-0.4, -0.2) is 22.2 Å². The van der Waals surface area contributed by atoms with Crippen molar-refractivity contribution in [3.8, 4) is 0 Å². The Morgan fingerprint density at radius 3 is 3.13 bits per heavy atom. The van der Waals surface area contributed by atoms with Gasteiger partial charge in [0.1, 0.15) is 0 Å². The first-order valence-corrected chi connectivity index (χ1v) is 4.74. The average molecular weight is 206 g/mol. The van der Waals surface area contributed by atoms with Gasteiger partial charge in [-0.3, -0.25) is 4.98 Å². The second-order valence-corrected chi connectivity index (χ2v) is 3.27. The molecule has 1 atom stereocenters. The fourth-order valence-electron chi connectivity index (χ4n) is 1.15. The van der Waals surface area contributed by atoms with E-state index in [0.717, 1.165) is 5.56 Å². The number of nitrogens with zero attached hydrogens (tertiary/aromatic N) is 1. The Morgan fingerprint density at radius 2 is 2.53 bits per heavy atom. The third kappa shape index (κ3) is 4.81. The van der Waals surface area contributed by atoms with E-state index in [1.54, 1.807) is 12.4 Å². The summed E-state index contributed by atoms with van der Waals surface area (Å²) in [6, 6.07) is 3.73. The van der Waals surface area contributed by atoms with Crippen molar-refractivity contribution >= 4 is 12.2 Å². The minimum absolute atomic E-state index is 0.0737. The lowest BCUT2D eigenvalue weighted by Gasteiger charge is -2.07. The Labute approximate surface area is 88.7 Å². The fourth-order valence-corrected chi connectivity index (χ4v) is 1.15. The minimum atomic E-state index is -0.989. The summed E-state index contributed by atoms with van der Waals surface area (Å²) in [6.45, 7) is 1.82. The molecule has 15 heavy (non-hydrogen) atoms. The van der Waals surface area contributed by atoms with Gasteiger partial charge in [0.2, 0.25) is 0 Å². The van der Waals surface area contributed by atoms with Crippen molar-refractivity contribution in [1.82, 2.24) is 10.3 Å². The number of aromatic nitrogens is 1. The molecule has 0 unspecified atom stereocenters. The third-order valence-corrected chi connectivity index (χ3v) is 1.85. The monoisotopic (exact) mass is 206 g/mol. The topological polar surface area (TPSA) is 62.2 Å². The molecule has 0 fully saturated rings. The molecule has 0 radical (unpaired) electrons. The normalized spacial score (nSPS) is 12.6. The zero-order valence-electron chi connectivity index (χ0n) is 8.55. The molecular weight excluding hydrogens is 192 g/mol. The Hall–Kier alpha value is -1.84. The maximum Gasteiger partial charge on any atom is 0.404 e. The molecule has 0 saturated carbocycles. The molecule has 1 aromatic rings. The van der Waals surface area contributed by atoms with Crippen LogP contribution in [0.4, 0.5) is 4.79 Å². The summed E-state index contributed by atoms with van der Waals surface area (Å²) < 4.78 is 0. The first-order chi connectivity index (χ1) is 7.18. The lowest BCUT2D eigenvalue weighted by Crippen LogP contribution is -2.30. The number of rotatable bonds is 4. The molecule has 0 saturated heterocycles. The zero-order valence-corrected chi connectivity index (χ0v) is 8.55. The maximum absolute atomic E-state index is 10.3. The highest BCUT2D eigenvalue weighted by Crippen LogP contribution is 2.01. The minimum Gasteiger partial charge on any atom is -0.465 e. The van der Waals surface area contributed by atoms with Crippen LogP contribution in [0.25, 0.3) is 6.08 Å². The molecular formula is C11H14N2O2. The second kappa shape index (κ2) is 5.80. The van der Waals surface area contributed by atoms with Gasteiger partial charge in [0.15, 0.2) is 0 Å². The van der Waals surface area contributed by atoms with E-state index in [1.807, 2.05) is 31.2 Å². The van der Waals surface area contributed by atoms with E-state index in [0.29, 0.717) is 6.42 Å². The summed E-state index contributed by atoms with van der Waals surface area (Å²) in [5.41, 5.74) is 1.01. The number of nitrogens with one attached hydrogen (secondary N) is 1. The Bertz CT molecular complexity index is 336. The van der Waals surface area contributed by atoms with Gasteiger partial charge in [-0.05, 0) is 25.0 Å². The van der Waals surface area contributed by atoms with Crippen molar-refractivity contribution in [1.29, 1.82) is 0 Å². The lowest BCUT2D eigenvalue weighted by molar-refractivity contribution is 0.191. The molecule has 1 heterocycles. The Morgan fingerprint density at radius 1 is 1.73 bits per heavy atom. The largest absolute Gasteiger partial charge is 0.465 e. The predicted octanol–water partition coefficient (Wildman–Crippen LogP) is 2.14. The van der Waals surface area contributed by atoms with E-state index in [4.69, 9.17) is 5.11 Å². The molecule has 1 rings (SSSR count). The van der Waals surface area contributed by atoms with Crippen LogP contribution >= 0.6 is 0 Å². The van der Waals surface area contributed by atoms with Crippen LogP contribution in [0.2, 0.25) is 0 Å². The highest BCUT2D eigenvalue weighted by atomic mass is 16.4. The van der Waals surface area contributed by atoms with Gasteiger partial charge < -0.3 is 10.4 Å². The van der Waals surface area contributed by atoms with Crippen molar-refractivity contribution in [3.05, 3.63) is 36.2 Å². The van der Waals surface area contributed by atoms with E-state index in [2.05, 4.69) is 10.3 Å². The van der Waals surface area contributed by atoms with Crippen LogP contribution in [-0.2, 0) is 0 Å². The van der Waals surface area contributed by atoms with Crippen molar-refractivity contribution in [2.75, 3.05) is 0 Å². The Balaban J connectivity index is 2.37. The van der Waals surface area contributed by atoms with Gasteiger partial charge in [-0.15, -0.1) is 0 Å². The molecule has 0 aliphatic rings. The van der Waals surface area contributed by atoms with E-state index >= 15 is 0 Å². The predicted molar refractivity (Wildman–Crippen MR) is 58.5 cm³/mol. The standard InChI is InChI=1S/C11H14N2O2/c1-9(13-11(14)15)4-2-5-10-6-3-7-12-8-10/h2-3,5-9,13H,4H2,1H3,(H,14,15)/b5-2+/t9-/m1/s1. The summed E-state index contributed by atoms with van der Waals surface area (Å²) in [7, 11) is 0. The number of amides is 1. The molecule has 2 N–H and O–H groups in total. The summed E-state index contributed by atoms with van der Waals surface area (Å²) in [4.78, 5) is 14.3. The van der Waals surface area contributed by atoms with Crippen molar-refractivity contribution < 1.29 is 9.90 Å². The lowest BCUT2D eigenvalue weighted by atomic mass is 10.2. The molecule has 80 valence electrons. The molecule has 0 spiro atoms. The number of pyridine rings is 1. The second-order valence-electron chi connectivity index (χ2n) is 3.27. The summed E-state index contributed by atoms with van der Waals surface area (Å²) in [6.07, 6.45) is 7.00. The molecule has 4 nitrogen and oxygen atoms in total. The molecule has 0 aliphatic heterocycles. The van der Waals surface area contributed by atoms with Gasteiger partial charge in [-0.25, -0.2) is 4.79 Å². The van der Waals surface area contributed by atoms with Crippen molar-refractivity contribution in [2.24, 2.45) is 0 Å². The van der Waals surface area contributed by atoms with Gasteiger partial charge >= 0.3 is 6.09 Å². The van der Waals surface area contributed by atoms with Crippen LogP contribution in [0, 0.1) is 0 Å². The van der Waals surface area contributed by atoms with E-state index in [-0.39, 0.29) is 6.04 Å². The smallest absolute Gasteiger partial charge is 0.404 e. The van der Waals surface area contributed by atoms with Crippen LogP contribution in [0.1, 0.15) is 18.9 Å². The van der Waals surface area contributed by atoms with Crippen LogP contribution < -0.4 is 5.32 Å². The van der Waals surface area contributed by atoms with Crippen LogP contribution in [0.15, 0.2) is 30.6 Å². The van der Waals surface area contributed by atoms with E-state index < -0.39 is 6.09 Å². The van der Waals surface area contributed by atoms with Gasteiger partial charge in [0, 0.05) is 18.4 Å². The molecule has 0 aromatic carbocycles. The molecule has 0 aliphatic carbocycles. The van der Waals surface area contributed by atoms with Crippen LogP contribution in [0.5, 0.6) is 0 Å².